The number of benzene rings is 3. The quantitative estimate of drug-likeness (QED) is 0.153. The van der Waals surface area contributed by atoms with Gasteiger partial charge in [0.2, 0.25) is 0 Å². The minimum Gasteiger partial charge on any atom is -0.360 e. The Morgan fingerprint density at radius 3 is 2.31 bits per heavy atom. The van der Waals surface area contributed by atoms with Gasteiger partial charge in [0.15, 0.2) is 5.13 Å². The maximum absolute atomic E-state index is 13.2. The van der Waals surface area contributed by atoms with E-state index in [1.165, 1.54) is 12.1 Å². The normalized spacial score (nSPS) is 20.6. The predicted molar refractivity (Wildman–Crippen MR) is 202 cm³/mol. The first kappa shape index (κ1) is 34.6. The Morgan fingerprint density at radius 2 is 1.67 bits per heavy atom. The molecule has 1 saturated carbocycles. The molecule has 3 fully saturated rings. The van der Waals surface area contributed by atoms with E-state index in [1.807, 2.05) is 18.2 Å². The van der Waals surface area contributed by atoms with E-state index >= 15 is 0 Å². The number of carbonyl (C=O) groups excluding carboxylic acids is 1. The molecule has 2 saturated heterocycles. The van der Waals surface area contributed by atoms with E-state index in [0.29, 0.717) is 46.2 Å². The summed E-state index contributed by atoms with van der Waals surface area (Å²) in [6, 6.07) is 18.3. The molecule has 1 amide bonds. The van der Waals surface area contributed by atoms with E-state index in [9.17, 15) is 13.2 Å². The number of halogens is 2. The lowest BCUT2D eigenvalue weighted by Gasteiger charge is -2.39. The molecule has 1 aliphatic carbocycles. The topological polar surface area (TPSA) is 117 Å². The summed E-state index contributed by atoms with van der Waals surface area (Å²) >= 11 is 14.7. The lowest BCUT2D eigenvalue weighted by atomic mass is 9.87. The van der Waals surface area contributed by atoms with Crippen LogP contribution in [-0.4, -0.2) is 42.6 Å². The average Bonchev–Trinajstić information content (AvgIpc) is 3.61. The molecular formula is C38H39Cl2N5O4S2. The van der Waals surface area contributed by atoms with Crippen molar-refractivity contribution in [2.75, 3.05) is 4.90 Å². The Kier molecular flexibility index (Phi) is 8.94. The molecule has 2 N–H and O–H groups in total. The first-order valence-electron chi connectivity index (χ1n) is 17.4. The summed E-state index contributed by atoms with van der Waals surface area (Å²) in [5.74, 6) is 0.656. The van der Waals surface area contributed by atoms with Gasteiger partial charge in [0.25, 0.3) is 15.9 Å². The third kappa shape index (κ3) is 6.79. The van der Waals surface area contributed by atoms with Crippen molar-refractivity contribution in [3.63, 3.8) is 0 Å². The summed E-state index contributed by atoms with van der Waals surface area (Å²) in [6.45, 7) is 6.81. The van der Waals surface area contributed by atoms with Gasteiger partial charge in [-0.25, -0.2) is 18.1 Å². The molecule has 2 unspecified atom stereocenters. The SMILES string of the molecule is CC(C)(C)c1ccc(S(=O)(=O)NC(=O)c2ccc3nc(N4C5CCC4CC(NCc4c(-c6c(Cl)cccc6Cl)noc4C4CC4)C5)sc3c2)cc1. The highest BCUT2D eigenvalue weighted by molar-refractivity contribution is 7.90. The molecule has 266 valence electrons. The molecule has 8 rings (SSSR count). The summed E-state index contributed by atoms with van der Waals surface area (Å²) in [4.78, 5) is 20.6. The number of anilines is 1. The standard InChI is InChI=1S/C38H39Cl2N5O4S2/c1-38(2,3)23-10-14-27(15-11-23)51(47,48)44-36(46)22-9-16-31-32(17-22)50-37(42-31)45-25-12-13-26(45)19-24(18-25)41-20-28-34(43-49-35(28)21-7-8-21)33-29(39)5-4-6-30(33)40/h4-6,9-11,14-17,21,24-26,41H,7-8,12-13,18-20H2,1-3H3,(H,44,46). The number of hydrogen-bond donors (Lipinski definition) is 2. The second-order valence-electron chi connectivity index (χ2n) is 15.0. The van der Waals surface area contributed by atoms with Crippen molar-refractivity contribution in [3.05, 3.63) is 93.2 Å². The number of thiazole rings is 1. The van der Waals surface area contributed by atoms with Crippen LogP contribution in [0.5, 0.6) is 0 Å². The van der Waals surface area contributed by atoms with Gasteiger partial charge in [0, 0.05) is 47.3 Å². The zero-order valence-corrected chi connectivity index (χ0v) is 31.7. The van der Waals surface area contributed by atoms with Crippen LogP contribution in [0, 0.1) is 0 Å². The average molecular weight is 765 g/mol. The highest BCUT2D eigenvalue weighted by Gasteiger charge is 2.42. The number of nitrogens with zero attached hydrogens (tertiary/aromatic N) is 3. The van der Waals surface area contributed by atoms with Crippen LogP contribution in [0.25, 0.3) is 21.5 Å². The maximum Gasteiger partial charge on any atom is 0.265 e. The van der Waals surface area contributed by atoms with Crippen LogP contribution in [0.2, 0.25) is 10.0 Å². The molecule has 51 heavy (non-hydrogen) atoms. The summed E-state index contributed by atoms with van der Waals surface area (Å²) in [7, 11) is -4.04. The number of sulfonamides is 1. The minimum atomic E-state index is -4.04. The Bertz CT molecular complexity index is 2210. The molecule has 2 bridgehead atoms. The van der Waals surface area contributed by atoms with Crippen LogP contribution in [0.1, 0.15) is 92.5 Å². The van der Waals surface area contributed by atoms with Crippen LogP contribution in [0.4, 0.5) is 5.13 Å². The maximum atomic E-state index is 13.2. The number of rotatable bonds is 9. The lowest BCUT2D eigenvalue weighted by Crippen LogP contribution is -2.49. The van der Waals surface area contributed by atoms with Crippen molar-refractivity contribution in [3.8, 4) is 11.3 Å². The van der Waals surface area contributed by atoms with Crippen molar-refractivity contribution < 1.29 is 17.7 Å². The smallest absolute Gasteiger partial charge is 0.265 e. The Morgan fingerprint density at radius 1 is 0.980 bits per heavy atom. The third-order valence-corrected chi connectivity index (χ3v) is 13.4. The largest absolute Gasteiger partial charge is 0.360 e. The number of piperidine rings is 1. The molecular weight excluding hydrogens is 725 g/mol. The second kappa shape index (κ2) is 13.2. The van der Waals surface area contributed by atoms with E-state index in [4.69, 9.17) is 32.7 Å². The Hall–Kier alpha value is -3.48. The number of fused-ring (bicyclic) bond motifs is 3. The molecule has 2 aromatic heterocycles. The van der Waals surface area contributed by atoms with Crippen molar-refractivity contribution in [2.24, 2.45) is 0 Å². The van der Waals surface area contributed by atoms with Crippen LogP contribution in [-0.2, 0) is 22.0 Å². The number of amides is 1. The van der Waals surface area contributed by atoms with Crippen LogP contribution >= 0.6 is 34.5 Å². The zero-order valence-electron chi connectivity index (χ0n) is 28.6. The highest BCUT2D eigenvalue weighted by atomic mass is 35.5. The zero-order chi connectivity index (χ0) is 35.7. The number of carbonyl (C=O) groups is 1. The van der Waals surface area contributed by atoms with Crippen LogP contribution in [0.3, 0.4) is 0 Å². The van der Waals surface area contributed by atoms with Crippen molar-refractivity contribution >= 4 is 65.8 Å². The molecule has 4 heterocycles. The minimum absolute atomic E-state index is 0.0496. The van der Waals surface area contributed by atoms with E-state index in [-0.39, 0.29) is 15.9 Å². The lowest BCUT2D eigenvalue weighted by molar-refractivity contribution is 0.0981. The molecule has 0 radical (unpaired) electrons. The van der Waals surface area contributed by atoms with Gasteiger partial charge in [-0.05, 0) is 92.0 Å². The first-order valence-corrected chi connectivity index (χ1v) is 20.4. The third-order valence-electron chi connectivity index (χ3n) is 10.4. The Labute approximate surface area is 311 Å². The van der Waals surface area contributed by atoms with Crippen molar-refractivity contribution in [1.29, 1.82) is 0 Å². The van der Waals surface area contributed by atoms with Gasteiger partial charge < -0.3 is 14.7 Å². The fourth-order valence-electron chi connectivity index (χ4n) is 7.52. The number of hydrogen-bond acceptors (Lipinski definition) is 9. The molecule has 9 nitrogen and oxygen atoms in total. The van der Waals surface area contributed by atoms with E-state index in [1.54, 1.807) is 41.7 Å². The predicted octanol–water partition coefficient (Wildman–Crippen LogP) is 8.84. The Balaban J connectivity index is 0.951. The summed E-state index contributed by atoms with van der Waals surface area (Å²) in [6.07, 6.45) is 6.31. The van der Waals surface area contributed by atoms with E-state index < -0.39 is 15.9 Å². The second-order valence-corrected chi connectivity index (χ2v) is 18.5. The van der Waals surface area contributed by atoms with Gasteiger partial charge in [-0.3, -0.25) is 4.79 Å². The number of nitrogens with one attached hydrogen (secondary N) is 2. The fraction of sp³-hybridized carbons (Fsp3) is 0.395. The van der Waals surface area contributed by atoms with Gasteiger partial charge in [0.05, 0.1) is 25.2 Å². The molecule has 3 aromatic carbocycles. The van der Waals surface area contributed by atoms with Crippen LogP contribution in [0.15, 0.2) is 70.1 Å². The molecule has 13 heteroatoms. The van der Waals surface area contributed by atoms with E-state index in [0.717, 1.165) is 76.5 Å². The molecule has 3 aliphatic rings. The molecule has 2 aliphatic heterocycles. The summed E-state index contributed by atoms with van der Waals surface area (Å²) < 4.78 is 35.1. The van der Waals surface area contributed by atoms with Crippen molar-refractivity contribution in [2.45, 2.75) is 100 Å². The monoisotopic (exact) mass is 763 g/mol. The van der Waals surface area contributed by atoms with Gasteiger partial charge >= 0.3 is 0 Å². The molecule has 5 aromatic rings. The van der Waals surface area contributed by atoms with Gasteiger partial charge in [-0.2, -0.15) is 0 Å². The summed E-state index contributed by atoms with van der Waals surface area (Å²) in [5, 5.41) is 10.3. The van der Waals surface area contributed by atoms with Crippen LogP contribution < -0.4 is 14.9 Å². The number of aromatic nitrogens is 2. The summed E-state index contributed by atoms with van der Waals surface area (Å²) in [5.41, 5.74) is 4.43. The van der Waals surface area contributed by atoms with Gasteiger partial charge in [-0.15, -0.1) is 0 Å². The van der Waals surface area contributed by atoms with Gasteiger partial charge in [-0.1, -0.05) is 78.7 Å². The molecule has 2 atom stereocenters. The van der Waals surface area contributed by atoms with Crippen molar-refractivity contribution in [1.82, 2.24) is 20.2 Å². The highest BCUT2D eigenvalue weighted by Crippen LogP contribution is 2.47. The van der Waals surface area contributed by atoms with Gasteiger partial charge in [0.1, 0.15) is 11.5 Å². The molecule has 0 spiro atoms. The fourth-order valence-corrected chi connectivity index (χ4v) is 10.2. The first-order chi connectivity index (χ1) is 24.4. The van der Waals surface area contributed by atoms with E-state index in [2.05, 4.69) is 40.9 Å².